The van der Waals surface area contributed by atoms with Crippen molar-refractivity contribution in [2.75, 3.05) is 34.3 Å². The van der Waals surface area contributed by atoms with Gasteiger partial charge in [0.25, 0.3) is 0 Å². The molecule has 7 heteroatoms. The predicted molar refractivity (Wildman–Crippen MR) is 125 cm³/mol. The Kier molecular flexibility index (Phi) is 8.48. The molecule has 0 saturated heterocycles. The summed E-state index contributed by atoms with van der Waals surface area (Å²) in [4.78, 5) is 6.48. The molecule has 0 amide bonds. The third-order valence-corrected chi connectivity index (χ3v) is 4.89. The zero-order valence-electron chi connectivity index (χ0n) is 18.6. The summed E-state index contributed by atoms with van der Waals surface area (Å²) in [5.74, 6) is 1.65. The van der Waals surface area contributed by atoms with Crippen LogP contribution in [0, 0.1) is 0 Å². The van der Waals surface area contributed by atoms with Crippen LogP contribution < -0.4 is 15.4 Å². The molecule has 3 aromatic rings. The van der Waals surface area contributed by atoms with E-state index in [1.807, 2.05) is 49.2 Å². The zero-order chi connectivity index (χ0) is 21.9. The molecule has 164 valence electrons. The van der Waals surface area contributed by atoms with Gasteiger partial charge >= 0.3 is 0 Å². The number of aliphatic imine (C=N–C) groups is 1. The van der Waals surface area contributed by atoms with Gasteiger partial charge in [-0.2, -0.15) is 5.10 Å². The van der Waals surface area contributed by atoms with Crippen molar-refractivity contribution < 1.29 is 4.74 Å². The summed E-state index contributed by atoms with van der Waals surface area (Å²) in [6.45, 7) is 3.59. The predicted octanol–water partition coefficient (Wildman–Crippen LogP) is 2.74. The molecule has 7 nitrogen and oxygen atoms in total. The minimum absolute atomic E-state index is 0.632. The highest BCUT2D eigenvalue weighted by atomic mass is 16.5. The largest absolute Gasteiger partial charge is 0.492 e. The maximum Gasteiger partial charge on any atom is 0.191 e. The van der Waals surface area contributed by atoms with Crippen LogP contribution in [0.2, 0.25) is 0 Å². The number of aromatic nitrogens is 2. The number of hydrogen-bond donors (Lipinski definition) is 2. The molecule has 0 spiro atoms. The molecule has 3 rings (SSSR count). The summed E-state index contributed by atoms with van der Waals surface area (Å²) in [7, 11) is 5.86. The SMILES string of the molecule is CN=C(NCc1ccccc1Cn1cccn1)NCc1ccccc1OCCN(C)C. The van der Waals surface area contributed by atoms with Crippen LogP contribution in [0.15, 0.2) is 72.0 Å². The average Bonchev–Trinajstić information content (AvgIpc) is 3.28. The van der Waals surface area contributed by atoms with E-state index >= 15 is 0 Å². The monoisotopic (exact) mass is 420 g/mol. The first-order valence-corrected chi connectivity index (χ1v) is 10.5. The Morgan fingerprint density at radius 1 is 0.968 bits per heavy atom. The number of nitrogens with zero attached hydrogens (tertiary/aromatic N) is 4. The highest BCUT2D eigenvalue weighted by molar-refractivity contribution is 5.79. The Bertz CT molecular complexity index is 952. The standard InChI is InChI=1S/C24H32N6O/c1-25-24(27-18-21-10-6-7-12-23(21)31-16-15-29(2)3)26-17-20-9-4-5-11-22(20)19-30-14-8-13-28-30/h4-14H,15-19H2,1-3H3,(H2,25,26,27). The van der Waals surface area contributed by atoms with Crippen molar-refractivity contribution in [1.82, 2.24) is 25.3 Å². The quantitative estimate of drug-likeness (QED) is 0.390. The second-order valence-corrected chi connectivity index (χ2v) is 7.51. The highest BCUT2D eigenvalue weighted by Crippen LogP contribution is 2.17. The number of rotatable bonds is 10. The molecule has 0 radical (unpaired) electrons. The zero-order valence-corrected chi connectivity index (χ0v) is 18.6. The number of para-hydroxylation sites is 1. The van der Waals surface area contributed by atoms with Gasteiger partial charge in [0.1, 0.15) is 12.4 Å². The molecule has 31 heavy (non-hydrogen) atoms. The molecule has 2 N–H and O–H groups in total. The van der Waals surface area contributed by atoms with Gasteiger partial charge in [-0.15, -0.1) is 0 Å². The Morgan fingerprint density at radius 3 is 2.32 bits per heavy atom. The van der Waals surface area contributed by atoms with Crippen molar-refractivity contribution in [2.24, 2.45) is 4.99 Å². The summed E-state index contributed by atoms with van der Waals surface area (Å²) in [6, 6.07) is 18.4. The van der Waals surface area contributed by atoms with Crippen LogP contribution in [-0.4, -0.2) is 54.9 Å². The van der Waals surface area contributed by atoms with Gasteiger partial charge in [0.15, 0.2) is 5.96 Å². The van der Waals surface area contributed by atoms with E-state index < -0.39 is 0 Å². The van der Waals surface area contributed by atoms with Crippen molar-refractivity contribution in [2.45, 2.75) is 19.6 Å². The lowest BCUT2D eigenvalue weighted by molar-refractivity contribution is 0.259. The highest BCUT2D eigenvalue weighted by Gasteiger charge is 2.07. The first-order valence-electron chi connectivity index (χ1n) is 10.5. The number of nitrogens with one attached hydrogen (secondary N) is 2. The number of hydrogen-bond acceptors (Lipinski definition) is 4. The van der Waals surface area contributed by atoms with Gasteiger partial charge in [0.2, 0.25) is 0 Å². The lowest BCUT2D eigenvalue weighted by Gasteiger charge is -2.17. The van der Waals surface area contributed by atoms with Gasteiger partial charge in [0, 0.05) is 44.6 Å². The molecule has 0 aliphatic rings. The molecule has 2 aromatic carbocycles. The van der Waals surface area contributed by atoms with E-state index in [-0.39, 0.29) is 0 Å². The van der Waals surface area contributed by atoms with Crippen LogP contribution in [-0.2, 0) is 19.6 Å². The molecule has 0 aliphatic carbocycles. The molecule has 0 saturated carbocycles. The van der Waals surface area contributed by atoms with Crippen molar-refractivity contribution >= 4 is 5.96 Å². The first-order chi connectivity index (χ1) is 15.2. The maximum atomic E-state index is 5.96. The topological polar surface area (TPSA) is 66.7 Å². The fourth-order valence-electron chi connectivity index (χ4n) is 3.16. The molecule has 1 heterocycles. The summed E-state index contributed by atoms with van der Waals surface area (Å²) < 4.78 is 7.89. The van der Waals surface area contributed by atoms with Crippen LogP contribution >= 0.6 is 0 Å². The number of ether oxygens (including phenoxy) is 1. The van der Waals surface area contributed by atoms with E-state index in [1.165, 1.54) is 11.1 Å². The molecule has 0 bridgehead atoms. The average molecular weight is 421 g/mol. The molecule has 0 unspecified atom stereocenters. The Morgan fingerprint density at radius 2 is 1.65 bits per heavy atom. The van der Waals surface area contributed by atoms with Gasteiger partial charge in [-0.25, -0.2) is 0 Å². The Labute approximate surface area is 184 Å². The van der Waals surface area contributed by atoms with Crippen LogP contribution in [0.1, 0.15) is 16.7 Å². The lowest BCUT2D eigenvalue weighted by atomic mass is 10.1. The van der Waals surface area contributed by atoms with Crippen molar-refractivity contribution in [3.63, 3.8) is 0 Å². The Balaban J connectivity index is 1.56. The number of guanidine groups is 1. The van der Waals surface area contributed by atoms with Gasteiger partial charge in [0.05, 0.1) is 6.54 Å². The smallest absolute Gasteiger partial charge is 0.191 e. The summed E-state index contributed by atoms with van der Waals surface area (Å²) in [5, 5.41) is 11.1. The molecular formula is C24H32N6O. The van der Waals surface area contributed by atoms with Gasteiger partial charge in [-0.1, -0.05) is 42.5 Å². The minimum Gasteiger partial charge on any atom is -0.492 e. The van der Waals surface area contributed by atoms with Crippen LogP contribution in [0.3, 0.4) is 0 Å². The van der Waals surface area contributed by atoms with E-state index in [4.69, 9.17) is 4.74 Å². The third-order valence-electron chi connectivity index (χ3n) is 4.89. The summed E-state index contributed by atoms with van der Waals surface area (Å²) in [5.41, 5.74) is 3.55. The van der Waals surface area contributed by atoms with Crippen LogP contribution in [0.4, 0.5) is 0 Å². The first kappa shape index (κ1) is 22.4. The molecule has 0 atom stereocenters. The summed E-state index contributed by atoms with van der Waals surface area (Å²) >= 11 is 0. The normalized spacial score (nSPS) is 11.5. The third kappa shape index (κ3) is 7.15. The van der Waals surface area contributed by atoms with Crippen molar-refractivity contribution in [1.29, 1.82) is 0 Å². The second kappa shape index (κ2) is 11.8. The molecule has 0 aliphatic heterocycles. The fourth-order valence-corrected chi connectivity index (χ4v) is 3.16. The van der Waals surface area contributed by atoms with Crippen molar-refractivity contribution in [3.05, 3.63) is 83.7 Å². The molecule has 1 aromatic heterocycles. The van der Waals surface area contributed by atoms with Crippen LogP contribution in [0.5, 0.6) is 5.75 Å². The van der Waals surface area contributed by atoms with Crippen LogP contribution in [0.25, 0.3) is 0 Å². The molecule has 0 fully saturated rings. The minimum atomic E-state index is 0.632. The number of likely N-dealkylation sites (N-methyl/N-ethyl adjacent to an activating group) is 1. The van der Waals surface area contributed by atoms with E-state index in [9.17, 15) is 0 Å². The number of benzene rings is 2. The van der Waals surface area contributed by atoms with Gasteiger partial charge in [-0.05, 0) is 37.4 Å². The van der Waals surface area contributed by atoms with Gasteiger partial charge in [-0.3, -0.25) is 9.67 Å². The van der Waals surface area contributed by atoms with E-state index in [1.54, 1.807) is 13.2 Å². The van der Waals surface area contributed by atoms with E-state index in [0.29, 0.717) is 19.7 Å². The second-order valence-electron chi connectivity index (χ2n) is 7.51. The maximum absolute atomic E-state index is 5.96. The van der Waals surface area contributed by atoms with E-state index in [2.05, 4.69) is 56.0 Å². The lowest BCUT2D eigenvalue weighted by Crippen LogP contribution is -2.36. The fraction of sp³-hybridized carbons (Fsp3) is 0.333. The molecular weight excluding hydrogens is 388 g/mol. The Hall–Kier alpha value is -3.32. The summed E-state index contributed by atoms with van der Waals surface area (Å²) in [6.07, 6.45) is 3.78. The van der Waals surface area contributed by atoms with E-state index in [0.717, 1.165) is 30.4 Å². The van der Waals surface area contributed by atoms with Gasteiger partial charge < -0.3 is 20.3 Å². The van der Waals surface area contributed by atoms with Crippen molar-refractivity contribution in [3.8, 4) is 5.75 Å².